The van der Waals surface area contributed by atoms with Crippen LogP contribution in [-0.4, -0.2) is 40.4 Å². The number of carbonyl (C=O) groups excluding carboxylic acids is 3. The molecule has 4 amide bonds. The van der Waals surface area contributed by atoms with Crippen LogP contribution in [0.4, 0.5) is 10.5 Å². The Morgan fingerprint density at radius 3 is 2.50 bits per heavy atom. The lowest BCUT2D eigenvalue weighted by molar-refractivity contribution is -0.127. The number of hydrogen-bond acceptors (Lipinski definition) is 4. The Kier molecular flexibility index (Phi) is 6.40. The number of carboxylic acid groups (broad SMARTS) is 1. The number of aryl methyl sites for hydroxylation is 1. The van der Waals surface area contributed by atoms with E-state index < -0.39 is 30.4 Å². The summed E-state index contributed by atoms with van der Waals surface area (Å²) in [4.78, 5) is 49.4. The second-order valence-electron chi connectivity index (χ2n) is 8.14. The van der Waals surface area contributed by atoms with Crippen LogP contribution < -0.4 is 10.6 Å². The molecule has 2 aromatic carbocycles. The van der Waals surface area contributed by atoms with Gasteiger partial charge in [-0.2, -0.15) is 0 Å². The van der Waals surface area contributed by atoms with Gasteiger partial charge in [-0.25, -0.2) is 14.5 Å². The number of rotatable bonds is 6. The Balaban J connectivity index is 1.40. The lowest BCUT2D eigenvalue weighted by Crippen LogP contribution is -2.38. The number of allylic oxidation sites excluding steroid dienone is 5. The van der Waals surface area contributed by atoms with E-state index in [1.165, 1.54) is 0 Å². The lowest BCUT2D eigenvalue weighted by Gasteiger charge is -2.16. The van der Waals surface area contributed by atoms with Crippen molar-refractivity contribution >= 4 is 35.1 Å². The molecule has 8 nitrogen and oxygen atoms in total. The van der Waals surface area contributed by atoms with Crippen LogP contribution in [0.25, 0.3) is 5.57 Å². The van der Waals surface area contributed by atoms with Gasteiger partial charge in [0, 0.05) is 11.6 Å². The predicted octanol–water partition coefficient (Wildman–Crippen LogP) is 3.73. The van der Waals surface area contributed by atoms with E-state index in [0.29, 0.717) is 12.1 Å². The van der Waals surface area contributed by atoms with Gasteiger partial charge in [-0.15, -0.1) is 0 Å². The maximum absolute atomic E-state index is 12.8. The van der Waals surface area contributed by atoms with E-state index in [0.717, 1.165) is 21.6 Å². The summed E-state index contributed by atoms with van der Waals surface area (Å²) >= 11 is 0. The van der Waals surface area contributed by atoms with Crippen molar-refractivity contribution in [2.24, 2.45) is 5.92 Å². The number of carboxylic acids is 1. The van der Waals surface area contributed by atoms with Crippen LogP contribution >= 0.6 is 0 Å². The number of nitrogens with one attached hydrogen (secondary N) is 2. The van der Waals surface area contributed by atoms with Gasteiger partial charge in [0.15, 0.2) is 0 Å². The monoisotopic (exact) mass is 457 g/mol. The van der Waals surface area contributed by atoms with Crippen LogP contribution in [0.3, 0.4) is 0 Å². The van der Waals surface area contributed by atoms with E-state index in [1.54, 1.807) is 42.5 Å². The molecule has 1 heterocycles. The third kappa shape index (κ3) is 5.12. The van der Waals surface area contributed by atoms with Crippen molar-refractivity contribution in [1.29, 1.82) is 0 Å². The van der Waals surface area contributed by atoms with Gasteiger partial charge in [0.1, 0.15) is 12.2 Å². The van der Waals surface area contributed by atoms with E-state index in [-0.39, 0.29) is 17.2 Å². The molecule has 2 aliphatic rings. The lowest BCUT2D eigenvalue weighted by atomic mass is 9.89. The maximum atomic E-state index is 12.8. The van der Waals surface area contributed by atoms with Crippen molar-refractivity contribution < 1.29 is 24.3 Å². The number of urea groups is 1. The van der Waals surface area contributed by atoms with E-state index >= 15 is 0 Å². The Labute approximate surface area is 196 Å². The molecule has 4 rings (SSSR count). The molecule has 3 N–H and O–H groups in total. The second-order valence-corrected chi connectivity index (χ2v) is 8.14. The van der Waals surface area contributed by atoms with Crippen molar-refractivity contribution in [1.82, 2.24) is 10.2 Å². The van der Waals surface area contributed by atoms with E-state index in [1.807, 2.05) is 37.3 Å². The molecule has 1 aliphatic carbocycles. The molecule has 0 saturated carbocycles. The van der Waals surface area contributed by atoms with Gasteiger partial charge in [-0.3, -0.25) is 9.59 Å². The molecule has 0 spiro atoms. The molecule has 1 fully saturated rings. The number of carbonyl (C=O) groups is 4. The first-order chi connectivity index (χ1) is 16.3. The van der Waals surface area contributed by atoms with Crippen LogP contribution in [0, 0.1) is 12.8 Å². The molecule has 0 radical (unpaired) electrons. The highest BCUT2D eigenvalue weighted by molar-refractivity contribution is 6.14. The molecule has 34 heavy (non-hydrogen) atoms. The van der Waals surface area contributed by atoms with Gasteiger partial charge >= 0.3 is 12.0 Å². The molecule has 0 aromatic heterocycles. The number of amides is 4. The van der Waals surface area contributed by atoms with Crippen molar-refractivity contribution in [3.8, 4) is 0 Å². The summed E-state index contributed by atoms with van der Waals surface area (Å²) in [5, 5.41) is 14.3. The molecule has 172 valence electrons. The van der Waals surface area contributed by atoms with Gasteiger partial charge in [0.2, 0.25) is 5.91 Å². The maximum Gasteiger partial charge on any atom is 0.335 e. The quantitative estimate of drug-likeness (QED) is 0.452. The Morgan fingerprint density at radius 1 is 1.12 bits per heavy atom. The van der Waals surface area contributed by atoms with Gasteiger partial charge in [0.25, 0.3) is 5.91 Å². The van der Waals surface area contributed by atoms with Crippen LogP contribution in [0.1, 0.15) is 27.9 Å². The molecule has 1 unspecified atom stereocenters. The van der Waals surface area contributed by atoms with Gasteiger partial charge in [-0.05, 0) is 54.8 Å². The molecule has 8 heteroatoms. The molecule has 1 atom stereocenters. The number of aromatic carboxylic acids is 1. The summed E-state index contributed by atoms with van der Waals surface area (Å²) < 4.78 is 0. The fraction of sp³-hybridized carbons (Fsp3) is 0.154. The zero-order valence-electron chi connectivity index (χ0n) is 18.4. The summed E-state index contributed by atoms with van der Waals surface area (Å²) in [5.74, 6) is -2.17. The minimum atomic E-state index is -0.987. The average Bonchev–Trinajstić information content (AvgIpc) is 3.08. The van der Waals surface area contributed by atoms with Crippen LogP contribution in [0.2, 0.25) is 0 Å². The van der Waals surface area contributed by atoms with Gasteiger partial charge < -0.3 is 15.7 Å². The summed E-state index contributed by atoms with van der Waals surface area (Å²) in [5.41, 5.74) is 3.84. The fourth-order valence-corrected chi connectivity index (χ4v) is 3.79. The van der Waals surface area contributed by atoms with E-state index in [2.05, 4.69) is 10.6 Å². The average molecular weight is 457 g/mol. The van der Waals surface area contributed by atoms with Crippen LogP contribution in [0.15, 0.2) is 78.5 Å². The molecular weight excluding hydrogens is 434 g/mol. The molecule has 1 saturated heterocycles. The number of benzene rings is 2. The highest BCUT2D eigenvalue weighted by atomic mass is 16.4. The third-order valence-corrected chi connectivity index (χ3v) is 5.59. The van der Waals surface area contributed by atoms with Gasteiger partial charge in [0.05, 0.1) is 5.56 Å². The highest BCUT2D eigenvalue weighted by Gasteiger charge is 2.35. The fourth-order valence-electron chi connectivity index (χ4n) is 3.79. The SMILES string of the molecule is Cc1ccc(NC(=O)CN2C(=O)N/C(=C\C3C=CC=C(c4ccc(C(=O)O)cc4)C3)C2=O)cc1. The summed E-state index contributed by atoms with van der Waals surface area (Å²) in [6, 6.07) is 13.1. The summed E-state index contributed by atoms with van der Waals surface area (Å²) in [6.45, 7) is 1.54. The number of anilines is 1. The Morgan fingerprint density at radius 2 is 1.82 bits per heavy atom. The van der Waals surface area contributed by atoms with Crippen LogP contribution in [0.5, 0.6) is 0 Å². The summed E-state index contributed by atoms with van der Waals surface area (Å²) in [6.07, 6.45) is 7.95. The normalized spacial score (nSPS) is 18.6. The van der Waals surface area contributed by atoms with Gasteiger partial charge in [-0.1, -0.05) is 48.1 Å². The molecular formula is C26H23N3O5. The minimum Gasteiger partial charge on any atom is -0.478 e. The second kappa shape index (κ2) is 9.58. The Bertz CT molecular complexity index is 1240. The molecule has 1 aliphatic heterocycles. The largest absolute Gasteiger partial charge is 0.478 e. The summed E-state index contributed by atoms with van der Waals surface area (Å²) in [7, 11) is 0. The first-order valence-corrected chi connectivity index (χ1v) is 10.7. The van der Waals surface area contributed by atoms with Crippen molar-refractivity contribution in [2.75, 3.05) is 11.9 Å². The first kappa shape index (κ1) is 22.7. The zero-order valence-corrected chi connectivity index (χ0v) is 18.4. The topological polar surface area (TPSA) is 116 Å². The number of nitrogens with zero attached hydrogens (tertiary/aromatic N) is 1. The molecule has 0 bridgehead atoms. The number of hydrogen-bond donors (Lipinski definition) is 3. The van der Waals surface area contributed by atoms with Crippen LogP contribution in [-0.2, 0) is 9.59 Å². The van der Waals surface area contributed by atoms with E-state index in [9.17, 15) is 19.2 Å². The third-order valence-electron chi connectivity index (χ3n) is 5.59. The standard InChI is InChI=1S/C26H23N3O5/c1-16-5-11-21(12-6-16)27-23(30)15-29-24(31)22(28-26(29)34)14-17-3-2-4-20(13-17)18-7-9-19(10-8-18)25(32)33/h2-12,14,17H,13,15H2,1H3,(H,27,30)(H,28,34)(H,32,33)/b22-14-. The van der Waals surface area contributed by atoms with Crippen molar-refractivity contribution in [2.45, 2.75) is 13.3 Å². The number of imide groups is 1. The van der Waals surface area contributed by atoms with Crippen molar-refractivity contribution in [3.05, 3.63) is 95.2 Å². The van der Waals surface area contributed by atoms with Crippen molar-refractivity contribution in [3.63, 3.8) is 0 Å². The highest BCUT2D eigenvalue weighted by Crippen LogP contribution is 2.29. The first-order valence-electron chi connectivity index (χ1n) is 10.7. The smallest absolute Gasteiger partial charge is 0.335 e. The predicted molar refractivity (Wildman–Crippen MR) is 127 cm³/mol. The zero-order chi connectivity index (χ0) is 24.2. The van der Waals surface area contributed by atoms with E-state index in [4.69, 9.17) is 5.11 Å². The minimum absolute atomic E-state index is 0.130. The molecule has 2 aromatic rings. The Hall–Kier alpha value is -4.46.